The normalized spacial score (nSPS) is 10.9. The number of hydrogen-bond acceptors (Lipinski definition) is 8. The maximum atomic E-state index is 14.0. The van der Waals surface area contributed by atoms with Gasteiger partial charge in [-0.15, -0.1) is 0 Å². The van der Waals surface area contributed by atoms with Crippen molar-refractivity contribution in [2.45, 2.75) is 6.42 Å². The molecule has 4 rings (SSSR count). The Balaban J connectivity index is 1.50. The Labute approximate surface area is 189 Å². The van der Waals surface area contributed by atoms with Gasteiger partial charge in [0.25, 0.3) is 0 Å². The van der Waals surface area contributed by atoms with E-state index in [0.29, 0.717) is 27.2 Å². The Morgan fingerprint density at radius 1 is 1.09 bits per heavy atom. The first kappa shape index (κ1) is 21.6. The minimum Gasteiger partial charge on any atom is -0.464 e. The Hall–Kier alpha value is -3.60. The molecule has 2 aromatic carbocycles. The second kappa shape index (κ2) is 9.27. The largest absolute Gasteiger partial charge is 0.464 e. The van der Waals surface area contributed by atoms with E-state index >= 15 is 0 Å². The molecule has 0 saturated heterocycles. The van der Waals surface area contributed by atoms with E-state index < -0.39 is 17.7 Å². The van der Waals surface area contributed by atoms with E-state index in [-0.39, 0.29) is 24.4 Å². The van der Waals surface area contributed by atoms with Crippen LogP contribution in [0.5, 0.6) is 6.08 Å². The standard InChI is InChI=1S/C21H17BrF2N6O2/c1-25-18-6-11(2-3-14(18)20-29-21(31)32-30-20)17-9-19(28-10-27-17)26-5-4-13-15(23)7-12(22)8-16(13)24/h2-3,6-10,25H,4-5H2,1H3,(H,26,27,28)(H,29,30,31). The highest BCUT2D eigenvalue weighted by Crippen LogP contribution is 2.31. The Bertz CT molecular complexity index is 1240. The summed E-state index contributed by atoms with van der Waals surface area (Å²) in [6.45, 7) is 0.286. The predicted octanol–water partition coefficient (Wildman–Crippen LogP) is 4.64. The zero-order chi connectivity index (χ0) is 22.7. The molecule has 0 radical (unpaired) electrons. The first-order valence-electron chi connectivity index (χ1n) is 9.49. The van der Waals surface area contributed by atoms with E-state index in [1.807, 2.05) is 12.1 Å². The maximum Gasteiger partial charge on any atom is 0.415 e. The molecule has 4 aromatic rings. The summed E-state index contributed by atoms with van der Waals surface area (Å²) in [6.07, 6.45) is 1.05. The van der Waals surface area contributed by atoms with Gasteiger partial charge in [0.15, 0.2) is 0 Å². The molecule has 8 nitrogen and oxygen atoms in total. The number of nitrogens with zero attached hydrogens (tertiary/aromatic N) is 4. The molecule has 32 heavy (non-hydrogen) atoms. The van der Waals surface area contributed by atoms with Gasteiger partial charge in [0.2, 0.25) is 5.82 Å². The second-order valence-electron chi connectivity index (χ2n) is 6.72. The third-order valence-electron chi connectivity index (χ3n) is 4.69. The molecule has 0 amide bonds. The molecule has 0 unspecified atom stereocenters. The molecular weight excluding hydrogens is 486 g/mol. The van der Waals surface area contributed by atoms with Crippen LogP contribution in [0.3, 0.4) is 0 Å². The summed E-state index contributed by atoms with van der Waals surface area (Å²) in [6, 6.07) is 9.66. The predicted molar refractivity (Wildman–Crippen MR) is 118 cm³/mol. The average Bonchev–Trinajstić information content (AvgIpc) is 3.21. The van der Waals surface area contributed by atoms with Gasteiger partial charge >= 0.3 is 6.08 Å². The van der Waals surface area contributed by atoms with Crippen molar-refractivity contribution in [3.63, 3.8) is 0 Å². The molecule has 2 heterocycles. The molecule has 0 fully saturated rings. The van der Waals surface area contributed by atoms with E-state index in [4.69, 9.17) is 0 Å². The summed E-state index contributed by atoms with van der Waals surface area (Å²) in [4.78, 5) is 12.3. The molecule has 164 valence electrons. The van der Waals surface area contributed by atoms with Crippen LogP contribution in [0.4, 0.5) is 20.3 Å². The topological polar surface area (TPSA) is 109 Å². The van der Waals surface area contributed by atoms with Crippen LogP contribution >= 0.6 is 15.9 Å². The second-order valence-corrected chi connectivity index (χ2v) is 7.64. The van der Waals surface area contributed by atoms with Gasteiger partial charge in [-0.3, -0.25) is 4.52 Å². The minimum atomic E-state index is -0.600. The lowest BCUT2D eigenvalue weighted by Gasteiger charge is -2.11. The third-order valence-corrected chi connectivity index (χ3v) is 5.15. The molecule has 0 atom stereocenters. The first-order valence-corrected chi connectivity index (χ1v) is 10.3. The SMILES string of the molecule is CNc1cc(-c2cc(NCCc3c(F)cc(Br)cc3F)ncn2)ccc1-c1noc(O)n1. The van der Waals surface area contributed by atoms with Crippen LogP contribution in [0.2, 0.25) is 0 Å². The monoisotopic (exact) mass is 502 g/mol. The summed E-state index contributed by atoms with van der Waals surface area (Å²) < 4.78 is 33.0. The molecule has 11 heteroatoms. The summed E-state index contributed by atoms with van der Waals surface area (Å²) in [5, 5.41) is 19.1. The Morgan fingerprint density at radius 2 is 1.88 bits per heavy atom. The average molecular weight is 503 g/mol. The number of benzene rings is 2. The lowest BCUT2D eigenvalue weighted by molar-refractivity contribution is 0.267. The number of halogens is 3. The van der Waals surface area contributed by atoms with Gasteiger partial charge in [-0.25, -0.2) is 18.7 Å². The smallest absolute Gasteiger partial charge is 0.415 e. The molecule has 0 saturated carbocycles. The summed E-state index contributed by atoms with van der Waals surface area (Å²) >= 11 is 3.07. The van der Waals surface area contributed by atoms with Gasteiger partial charge in [-0.1, -0.05) is 27.2 Å². The maximum absolute atomic E-state index is 14.0. The van der Waals surface area contributed by atoms with E-state index in [9.17, 15) is 13.9 Å². The van der Waals surface area contributed by atoms with Gasteiger partial charge in [0, 0.05) is 46.5 Å². The molecule has 0 bridgehead atoms. The number of aromatic nitrogens is 4. The van der Waals surface area contributed by atoms with Crippen molar-refractivity contribution in [2.75, 3.05) is 24.2 Å². The number of rotatable bonds is 7. The first-order chi connectivity index (χ1) is 15.4. The molecule has 3 N–H and O–H groups in total. The summed E-state index contributed by atoms with van der Waals surface area (Å²) in [7, 11) is 1.75. The molecule has 0 spiro atoms. The van der Waals surface area contributed by atoms with Crippen molar-refractivity contribution in [1.29, 1.82) is 0 Å². The van der Waals surface area contributed by atoms with Crippen molar-refractivity contribution in [3.05, 3.63) is 64.4 Å². The lowest BCUT2D eigenvalue weighted by Crippen LogP contribution is -2.09. The highest BCUT2D eigenvalue weighted by molar-refractivity contribution is 9.10. The van der Waals surface area contributed by atoms with Crippen molar-refractivity contribution < 1.29 is 18.4 Å². The van der Waals surface area contributed by atoms with Crippen molar-refractivity contribution >= 4 is 27.4 Å². The molecule has 0 aliphatic carbocycles. The molecule has 0 aliphatic heterocycles. The summed E-state index contributed by atoms with van der Waals surface area (Å²) in [5.74, 6) is -0.435. The molecular formula is C21H17BrF2N6O2. The van der Waals surface area contributed by atoms with Crippen molar-refractivity contribution in [3.8, 4) is 28.7 Å². The van der Waals surface area contributed by atoms with Gasteiger partial charge in [0.1, 0.15) is 23.8 Å². The van der Waals surface area contributed by atoms with Crippen molar-refractivity contribution in [2.24, 2.45) is 0 Å². The highest BCUT2D eigenvalue weighted by atomic mass is 79.9. The van der Waals surface area contributed by atoms with E-state index in [1.54, 1.807) is 19.2 Å². The van der Waals surface area contributed by atoms with Gasteiger partial charge < -0.3 is 15.7 Å². The molecule has 0 aliphatic rings. The fourth-order valence-corrected chi connectivity index (χ4v) is 3.57. The van der Waals surface area contributed by atoms with Gasteiger partial charge in [0.05, 0.1) is 5.69 Å². The van der Waals surface area contributed by atoms with E-state index in [0.717, 1.165) is 5.56 Å². The van der Waals surface area contributed by atoms with E-state index in [2.05, 4.69) is 51.2 Å². The Kier molecular flexibility index (Phi) is 6.26. The van der Waals surface area contributed by atoms with Crippen LogP contribution < -0.4 is 10.6 Å². The zero-order valence-corrected chi connectivity index (χ0v) is 18.3. The lowest BCUT2D eigenvalue weighted by atomic mass is 10.1. The number of nitrogens with one attached hydrogen (secondary N) is 2. The third kappa shape index (κ3) is 4.67. The van der Waals surface area contributed by atoms with Crippen LogP contribution in [-0.4, -0.2) is 38.8 Å². The van der Waals surface area contributed by atoms with Crippen molar-refractivity contribution in [1.82, 2.24) is 20.1 Å². The number of hydrogen-bond donors (Lipinski definition) is 3. The minimum absolute atomic E-state index is 0.0109. The van der Waals surface area contributed by atoms with Gasteiger partial charge in [-0.05, 0) is 30.7 Å². The molecule has 2 aromatic heterocycles. The van der Waals surface area contributed by atoms with Gasteiger partial charge in [-0.2, -0.15) is 4.98 Å². The number of aromatic hydroxyl groups is 1. The van der Waals surface area contributed by atoms with E-state index in [1.165, 1.54) is 18.5 Å². The van der Waals surface area contributed by atoms with Crippen LogP contribution in [0.1, 0.15) is 5.56 Å². The quantitative estimate of drug-likeness (QED) is 0.335. The Morgan fingerprint density at radius 3 is 2.56 bits per heavy atom. The summed E-state index contributed by atoms with van der Waals surface area (Å²) in [5.41, 5.74) is 2.80. The number of anilines is 2. The highest BCUT2D eigenvalue weighted by Gasteiger charge is 2.14. The zero-order valence-electron chi connectivity index (χ0n) is 16.7. The fourth-order valence-electron chi connectivity index (χ4n) is 3.17. The van der Waals surface area contributed by atoms with Crippen LogP contribution in [0, 0.1) is 11.6 Å². The van der Waals surface area contributed by atoms with Crippen LogP contribution in [-0.2, 0) is 6.42 Å². The van der Waals surface area contributed by atoms with Crippen LogP contribution in [0.15, 0.2) is 51.7 Å². The fraction of sp³-hybridized carbons (Fsp3) is 0.143. The van der Waals surface area contributed by atoms with Crippen LogP contribution in [0.25, 0.3) is 22.6 Å².